The van der Waals surface area contributed by atoms with Crippen molar-refractivity contribution in [2.75, 3.05) is 39.5 Å². The van der Waals surface area contributed by atoms with Gasteiger partial charge in [0.25, 0.3) is 0 Å². The highest BCUT2D eigenvalue weighted by atomic mass is 16.5. The predicted molar refractivity (Wildman–Crippen MR) is 142 cm³/mol. The molecule has 200 valence electrons. The third-order valence-corrected chi connectivity index (χ3v) is 11.4. The van der Waals surface area contributed by atoms with Crippen molar-refractivity contribution >= 4 is 5.97 Å². The molecule has 4 fully saturated rings. The number of quaternary nitrogens is 1. The molecule has 5 nitrogen and oxygen atoms in total. The first-order valence-electron chi connectivity index (χ1n) is 14.4. The van der Waals surface area contributed by atoms with Crippen molar-refractivity contribution in [2.24, 2.45) is 34.5 Å². The molecule has 1 aliphatic heterocycles. The summed E-state index contributed by atoms with van der Waals surface area (Å²) in [5.74, 6) is 2.43. The molecule has 5 heteroatoms. The largest absolute Gasteiger partial charge is 0.458 e. The topological polar surface area (TPSA) is 44.8 Å². The fourth-order valence-electron chi connectivity index (χ4n) is 9.55. The first kappa shape index (κ1) is 26.2. The van der Waals surface area contributed by atoms with E-state index in [1.807, 2.05) is 6.08 Å². The van der Waals surface area contributed by atoms with E-state index in [9.17, 15) is 4.79 Å². The molecule has 9 unspecified atom stereocenters. The summed E-state index contributed by atoms with van der Waals surface area (Å²) >= 11 is 0. The third-order valence-electron chi connectivity index (χ3n) is 11.4. The molecular weight excluding hydrogens is 450 g/mol. The van der Waals surface area contributed by atoms with Crippen LogP contribution >= 0.6 is 0 Å². The molecule has 1 heterocycles. The summed E-state index contributed by atoms with van der Waals surface area (Å²) in [7, 11) is 0. The SMILES string of the molecule is C=CCOC1CC2CCC3C4C=CC(OC(C)=O)C4(C)CCC3C2(C)CC1[N+]1(CC=C)CCOCC1. The second-order valence-corrected chi connectivity index (χ2v) is 13.0. The standard InChI is InChI=1S/C31H48NO4/c1-6-14-32(15-18-34-19-16-32)27-21-31(5)23(20-28(27)35-17-7-2)8-9-24-25-10-11-29(36-22(3)33)30(25,4)13-12-26(24)31/h6-7,10-11,23-29H,1-2,8-9,12-21H2,3-5H3/q+1. The zero-order chi connectivity index (χ0) is 25.6. The summed E-state index contributed by atoms with van der Waals surface area (Å²) in [6, 6.07) is 0.466. The van der Waals surface area contributed by atoms with Gasteiger partial charge in [0.05, 0.1) is 26.4 Å². The number of allylic oxidation sites excluding steroid dienone is 1. The fraction of sp³-hybridized carbons (Fsp3) is 0.774. The van der Waals surface area contributed by atoms with E-state index in [4.69, 9.17) is 14.2 Å². The maximum atomic E-state index is 11.8. The molecule has 5 aliphatic rings. The minimum atomic E-state index is -0.160. The molecule has 36 heavy (non-hydrogen) atoms. The average Bonchev–Trinajstić information content (AvgIpc) is 3.18. The molecule has 0 N–H and O–H groups in total. The monoisotopic (exact) mass is 498 g/mol. The van der Waals surface area contributed by atoms with Crippen LogP contribution in [-0.4, -0.2) is 68.2 Å². The normalized spacial score (nSPS) is 45.1. The number of hydrogen-bond acceptors (Lipinski definition) is 4. The zero-order valence-corrected chi connectivity index (χ0v) is 22.8. The van der Waals surface area contributed by atoms with E-state index < -0.39 is 0 Å². The van der Waals surface area contributed by atoms with E-state index in [0.29, 0.717) is 41.7 Å². The van der Waals surface area contributed by atoms with Gasteiger partial charge in [0, 0.05) is 18.8 Å². The Morgan fingerprint density at radius 1 is 1.11 bits per heavy atom. The molecular formula is C31H48NO4+. The second kappa shape index (κ2) is 10.0. The summed E-state index contributed by atoms with van der Waals surface area (Å²) in [4.78, 5) is 11.8. The molecule has 0 spiro atoms. The summed E-state index contributed by atoms with van der Waals surface area (Å²) in [6.45, 7) is 20.0. The Kier molecular flexibility index (Phi) is 7.30. The number of hydrogen-bond donors (Lipinski definition) is 0. The van der Waals surface area contributed by atoms with Crippen molar-refractivity contribution in [3.63, 3.8) is 0 Å². The lowest BCUT2D eigenvalue weighted by atomic mass is 9.44. The molecule has 0 radical (unpaired) electrons. The lowest BCUT2D eigenvalue weighted by Gasteiger charge is -2.63. The Labute approximate surface area is 218 Å². The molecule has 5 rings (SSSR count). The smallest absolute Gasteiger partial charge is 0.303 e. The van der Waals surface area contributed by atoms with Crippen LogP contribution in [0, 0.1) is 34.5 Å². The van der Waals surface area contributed by atoms with Gasteiger partial charge in [-0.2, -0.15) is 0 Å². The van der Waals surface area contributed by atoms with Gasteiger partial charge in [-0.1, -0.05) is 32.6 Å². The summed E-state index contributed by atoms with van der Waals surface area (Å²) in [6.07, 6.45) is 16.1. The van der Waals surface area contributed by atoms with Crippen molar-refractivity contribution in [3.05, 3.63) is 37.5 Å². The highest BCUT2D eigenvalue weighted by Gasteiger charge is 2.63. The van der Waals surface area contributed by atoms with Crippen LogP contribution < -0.4 is 0 Å². The number of carbonyl (C=O) groups is 1. The molecule has 9 atom stereocenters. The Balaban J connectivity index is 1.44. The maximum Gasteiger partial charge on any atom is 0.303 e. The first-order valence-corrected chi connectivity index (χ1v) is 14.4. The number of morpholine rings is 1. The van der Waals surface area contributed by atoms with Crippen LogP contribution in [0.25, 0.3) is 0 Å². The van der Waals surface area contributed by atoms with Crippen LogP contribution in [-0.2, 0) is 19.0 Å². The van der Waals surface area contributed by atoms with Gasteiger partial charge in [0.15, 0.2) is 0 Å². The Hall–Kier alpha value is -1.43. The zero-order valence-electron chi connectivity index (χ0n) is 22.8. The van der Waals surface area contributed by atoms with Crippen LogP contribution in [0.4, 0.5) is 0 Å². The van der Waals surface area contributed by atoms with Crippen molar-refractivity contribution in [1.82, 2.24) is 0 Å². The number of fused-ring (bicyclic) bond motifs is 5. The number of esters is 1. The lowest BCUT2D eigenvalue weighted by Crippen LogP contribution is -2.69. The lowest BCUT2D eigenvalue weighted by molar-refractivity contribution is -0.958. The molecule has 0 bridgehead atoms. The van der Waals surface area contributed by atoms with Crippen LogP contribution in [0.1, 0.15) is 59.3 Å². The summed E-state index contributed by atoms with van der Waals surface area (Å²) in [5.41, 5.74) is 0.349. The van der Waals surface area contributed by atoms with Crippen molar-refractivity contribution < 1.29 is 23.5 Å². The van der Waals surface area contributed by atoms with Crippen LogP contribution in [0.3, 0.4) is 0 Å². The minimum absolute atomic E-state index is 0.0422. The second-order valence-electron chi connectivity index (χ2n) is 13.0. The van der Waals surface area contributed by atoms with Gasteiger partial charge < -0.3 is 18.7 Å². The first-order chi connectivity index (χ1) is 17.3. The summed E-state index contributed by atoms with van der Waals surface area (Å²) < 4.78 is 19.3. The fourth-order valence-corrected chi connectivity index (χ4v) is 9.55. The van der Waals surface area contributed by atoms with E-state index in [1.54, 1.807) is 6.92 Å². The quantitative estimate of drug-likeness (QED) is 0.271. The highest BCUT2D eigenvalue weighted by molar-refractivity contribution is 5.66. The van der Waals surface area contributed by atoms with Gasteiger partial charge in [0.1, 0.15) is 31.3 Å². The number of carbonyl (C=O) groups excluding carboxylic acids is 1. The van der Waals surface area contributed by atoms with Crippen LogP contribution in [0.5, 0.6) is 0 Å². The van der Waals surface area contributed by atoms with Gasteiger partial charge in [0.2, 0.25) is 0 Å². The van der Waals surface area contributed by atoms with Gasteiger partial charge in [-0.15, -0.1) is 6.58 Å². The van der Waals surface area contributed by atoms with Gasteiger partial charge >= 0.3 is 5.97 Å². The molecule has 3 saturated carbocycles. The van der Waals surface area contributed by atoms with Gasteiger partial charge in [-0.3, -0.25) is 4.79 Å². The van der Waals surface area contributed by atoms with E-state index in [1.165, 1.54) is 25.7 Å². The molecule has 0 aromatic heterocycles. The highest BCUT2D eigenvalue weighted by Crippen LogP contribution is 2.66. The number of ether oxygens (including phenoxy) is 3. The van der Waals surface area contributed by atoms with E-state index in [-0.39, 0.29) is 23.6 Å². The average molecular weight is 499 g/mol. The van der Waals surface area contributed by atoms with Crippen molar-refractivity contribution in [3.8, 4) is 0 Å². The van der Waals surface area contributed by atoms with E-state index >= 15 is 0 Å². The third kappa shape index (κ3) is 4.23. The van der Waals surface area contributed by atoms with Gasteiger partial charge in [-0.05, 0) is 73.3 Å². The molecule has 0 aromatic rings. The van der Waals surface area contributed by atoms with Gasteiger partial charge in [-0.25, -0.2) is 0 Å². The van der Waals surface area contributed by atoms with Crippen molar-refractivity contribution in [1.29, 1.82) is 0 Å². The number of nitrogens with zero attached hydrogens (tertiary/aromatic N) is 1. The Morgan fingerprint density at radius 3 is 2.58 bits per heavy atom. The Bertz CT molecular complexity index is 878. The molecule has 0 amide bonds. The van der Waals surface area contributed by atoms with Crippen molar-refractivity contribution in [2.45, 2.75) is 77.5 Å². The minimum Gasteiger partial charge on any atom is -0.458 e. The Morgan fingerprint density at radius 2 is 1.89 bits per heavy atom. The van der Waals surface area contributed by atoms with Crippen LogP contribution in [0.2, 0.25) is 0 Å². The molecule has 1 saturated heterocycles. The predicted octanol–water partition coefficient (Wildman–Crippen LogP) is 5.32. The maximum absolute atomic E-state index is 11.8. The summed E-state index contributed by atoms with van der Waals surface area (Å²) in [5, 5.41) is 0. The molecule has 4 aliphatic carbocycles. The van der Waals surface area contributed by atoms with E-state index in [0.717, 1.165) is 50.2 Å². The molecule has 0 aromatic carbocycles. The number of rotatable bonds is 7. The van der Waals surface area contributed by atoms with E-state index in [2.05, 4.69) is 45.2 Å². The van der Waals surface area contributed by atoms with Crippen LogP contribution in [0.15, 0.2) is 37.5 Å².